The highest BCUT2D eigenvalue weighted by atomic mass is 79.9. The molecule has 1 heterocycles. The van der Waals surface area contributed by atoms with E-state index >= 15 is 0 Å². The first-order chi connectivity index (χ1) is 7.25. The minimum Gasteiger partial charge on any atom is -0.316 e. The normalized spacial score (nSPS) is 16.5. The van der Waals surface area contributed by atoms with Crippen LogP contribution in [0, 0.1) is 5.82 Å². The molecule has 15 heavy (non-hydrogen) atoms. The van der Waals surface area contributed by atoms with Gasteiger partial charge in [-0.3, -0.25) is 0 Å². The van der Waals surface area contributed by atoms with Gasteiger partial charge >= 0.3 is 0 Å². The van der Waals surface area contributed by atoms with Crippen LogP contribution in [0.2, 0.25) is 0 Å². The molecular formula is C12H13BrFN. The average molecular weight is 270 g/mol. The maximum absolute atomic E-state index is 13.0. The first-order valence-corrected chi connectivity index (χ1v) is 5.90. The third kappa shape index (κ3) is 2.89. The molecule has 1 saturated heterocycles. The second kappa shape index (κ2) is 4.90. The average Bonchev–Trinajstić information content (AvgIpc) is 2.25. The first kappa shape index (κ1) is 10.8. The molecule has 1 aliphatic heterocycles. The van der Waals surface area contributed by atoms with Crippen molar-refractivity contribution in [3.63, 3.8) is 0 Å². The van der Waals surface area contributed by atoms with Gasteiger partial charge in [-0.2, -0.15) is 0 Å². The molecule has 1 nitrogen and oxygen atoms in total. The summed E-state index contributed by atoms with van der Waals surface area (Å²) in [4.78, 5) is 0. The lowest BCUT2D eigenvalue weighted by atomic mass is 10.0. The lowest BCUT2D eigenvalue weighted by Crippen LogP contribution is -2.22. The van der Waals surface area contributed by atoms with Gasteiger partial charge in [-0.1, -0.05) is 27.6 Å². The second-order valence-electron chi connectivity index (χ2n) is 3.72. The van der Waals surface area contributed by atoms with Gasteiger partial charge in [-0.05, 0) is 49.7 Å². The Morgan fingerprint density at radius 1 is 1.27 bits per heavy atom. The summed E-state index contributed by atoms with van der Waals surface area (Å²) in [5, 5.41) is 3.30. The van der Waals surface area contributed by atoms with Gasteiger partial charge in [0.1, 0.15) is 5.82 Å². The Labute approximate surface area is 97.5 Å². The van der Waals surface area contributed by atoms with Gasteiger partial charge in [-0.25, -0.2) is 4.39 Å². The van der Waals surface area contributed by atoms with Crippen LogP contribution in [0.1, 0.15) is 18.4 Å². The van der Waals surface area contributed by atoms with Crippen LogP contribution in [-0.2, 0) is 0 Å². The van der Waals surface area contributed by atoms with Gasteiger partial charge < -0.3 is 5.32 Å². The molecule has 0 aromatic heterocycles. The number of benzene rings is 1. The smallest absolute Gasteiger partial charge is 0.123 e. The zero-order valence-electron chi connectivity index (χ0n) is 8.39. The van der Waals surface area contributed by atoms with Crippen LogP contribution in [0.25, 0.3) is 6.08 Å². The van der Waals surface area contributed by atoms with E-state index in [4.69, 9.17) is 0 Å². The van der Waals surface area contributed by atoms with E-state index in [2.05, 4.69) is 27.3 Å². The van der Waals surface area contributed by atoms with E-state index in [9.17, 15) is 4.39 Å². The van der Waals surface area contributed by atoms with Gasteiger partial charge in [0.25, 0.3) is 0 Å². The highest BCUT2D eigenvalue weighted by Crippen LogP contribution is 2.23. The van der Waals surface area contributed by atoms with Crippen molar-refractivity contribution in [2.24, 2.45) is 0 Å². The zero-order valence-corrected chi connectivity index (χ0v) is 9.98. The number of hydrogen-bond donors (Lipinski definition) is 1. The fraction of sp³-hybridized carbons (Fsp3) is 0.333. The van der Waals surface area contributed by atoms with Crippen LogP contribution < -0.4 is 5.32 Å². The van der Waals surface area contributed by atoms with E-state index in [1.807, 2.05) is 0 Å². The van der Waals surface area contributed by atoms with E-state index < -0.39 is 0 Å². The van der Waals surface area contributed by atoms with Crippen molar-refractivity contribution >= 4 is 22.0 Å². The molecule has 3 heteroatoms. The maximum Gasteiger partial charge on any atom is 0.123 e. The standard InChI is InChI=1S/C12H13BrFN/c13-12-2-1-11(14)8-10(12)7-9-3-5-15-6-4-9/h1-2,7-8,15H,3-6H2. The van der Waals surface area contributed by atoms with E-state index in [0.29, 0.717) is 0 Å². The van der Waals surface area contributed by atoms with Gasteiger partial charge in [0.2, 0.25) is 0 Å². The maximum atomic E-state index is 13.0. The molecule has 0 bridgehead atoms. The molecule has 2 rings (SSSR count). The number of halogens is 2. The molecule has 1 aromatic carbocycles. The quantitative estimate of drug-likeness (QED) is 0.825. The van der Waals surface area contributed by atoms with Crippen LogP contribution in [0.15, 0.2) is 28.2 Å². The van der Waals surface area contributed by atoms with Crippen molar-refractivity contribution in [2.45, 2.75) is 12.8 Å². The molecule has 1 fully saturated rings. The fourth-order valence-electron chi connectivity index (χ4n) is 1.74. The Bertz CT molecular complexity index is 379. The number of rotatable bonds is 1. The van der Waals surface area contributed by atoms with Gasteiger partial charge in [0.05, 0.1) is 0 Å². The van der Waals surface area contributed by atoms with Crippen molar-refractivity contribution in [3.05, 3.63) is 39.6 Å². The van der Waals surface area contributed by atoms with E-state index in [1.165, 1.54) is 11.6 Å². The van der Waals surface area contributed by atoms with E-state index in [1.54, 1.807) is 12.1 Å². The molecule has 0 saturated carbocycles. The number of hydrogen-bond acceptors (Lipinski definition) is 1. The summed E-state index contributed by atoms with van der Waals surface area (Å²) >= 11 is 3.43. The summed E-state index contributed by atoms with van der Waals surface area (Å²) in [5.74, 6) is -0.181. The molecule has 0 spiro atoms. The van der Waals surface area contributed by atoms with Crippen molar-refractivity contribution < 1.29 is 4.39 Å². The second-order valence-corrected chi connectivity index (χ2v) is 4.57. The van der Waals surface area contributed by atoms with E-state index in [-0.39, 0.29) is 5.82 Å². The van der Waals surface area contributed by atoms with Crippen molar-refractivity contribution in [2.75, 3.05) is 13.1 Å². The Morgan fingerprint density at radius 3 is 2.73 bits per heavy atom. The Kier molecular flexibility index (Phi) is 3.54. The highest BCUT2D eigenvalue weighted by Gasteiger charge is 2.06. The van der Waals surface area contributed by atoms with Crippen LogP contribution in [-0.4, -0.2) is 13.1 Å². The summed E-state index contributed by atoms with van der Waals surface area (Å²) in [7, 11) is 0. The zero-order chi connectivity index (χ0) is 10.7. The van der Waals surface area contributed by atoms with Crippen molar-refractivity contribution in [3.8, 4) is 0 Å². The number of nitrogens with one attached hydrogen (secondary N) is 1. The largest absolute Gasteiger partial charge is 0.316 e. The third-order valence-corrected chi connectivity index (χ3v) is 3.29. The fourth-order valence-corrected chi connectivity index (χ4v) is 2.10. The molecule has 1 aliphatic rings. The Hall–Kier alpha value is -0.670. The van der Waals surface area contributed by atoms with Crippen LogP contribution in [0.4, 0.5) is 4.39 Å². The third-order valence-electron chi connectivity index (χ3n) is 2.56. The monoisotopic (exact) mass is 269 g/mol. The molecule has 0 unspecified atom stereocenters. The summed E-state index contributed by atoms with van der Waals surface area (Å²) in [6.07, 6.45) is 4.21. The Morgan fingerprint density at radius 2 is 2.00 bits per heavy atom. The molecule has 0 radical (unpaired) electrons. The molecule has 1 aromatic rings. The van der Waals surface area contributed by atoms with Crippen LogP contribution in [0.3, 0.4) is 0 Å². The minimum absolute atomic E-state index is 0.181. The molecule has 80 valence electrons. The van der Waals surface area contributed by atoms with Crippen molar-refractivity contribution in [1.29, 1.82) is 0 Å². The lowest BCUT2D eigenvalue weighted by Gasteiger charge is -2.15. The van der Waals surface area contributed by atoms with Gasteiger partial charge in [0.15, 0.2) is 0 Å². The predicted octanol–water partition coefficient (Wildman–Crippen LogP) is 3.36. The molecule has 0 atom stereocenters. The van der Waals surface area contributed by atoms with Crippen LogP contribution >= 0.6 is 15.9 Å². The summed E-state index contributed by atoms with van der Waals surface area (Å²) < 4.78 is 14.0. The summed E-state index contributed by atoms with van der Waals surface area (Å²) in [5.41, 5.74) is 2.33. The lowest BCUT2D eigenvalue weighted by molar-refractivity contribution is 0.613. The SMILES string of the molecule is Fc1ccc(Br)c(C=C2CCNCC2)c1. The number of piperidine rings is 1. The highest BCUT2D eigenvalue weighted by molar-refractivity contribution is 9.10. The van der Waals surface area contributed by atoms with Gasteiger partial charge in [-0.15, -0.1) is 0 Å². The molecule has 0 amide bonds. The predicted molar refractivity (Wildman–Crippen MR) is 64.2 cm³/mol. The topological polar surface area (TPSA) is 12.0 Å². The molecule has 1 N–H and O–H groups in total. The first-order valence-electron chi connectivity index (χ1n) is 5.11. The molecular weight excluding hydrogens is 257 g/mol. The minimum atomic E-state index is -0.181. The summed E-state index contributed by atoms with van der Waals surface area (Å²) in [6, 6.07) is 4.79. The van der Waals surface area contributed by atoms with Crippen LogP contribution in [0.5, 0.6) is 0 Å². The Balaban J connectivity index is 2.25. The van der Waals surface area contributed by atoms with E-state index in [0.717, 1.165) is 36.0 Å². The van der Waals surface area contributed by atoms with Gasteiger partial charge in [0, 0.05) is 4.47 Å². The van der Waals surface area contributed by atoms with Crippen molar-refractivity contribution in [1.82, 2.24) is 5.32 Å². The summed E-state index contributed by atoms with van der Waals surface area (Å²) in [6.45, 7) is 2.05. The molecule has 0 aliphatic carbocycles.